The number of carbonyl (C=O) groups is 1. The Balaban J connectivity index is 2.04. The van der Waals surface area contributed by atoms with Gasteiger partial charge in [0.2, 0.25) is 0 Å². The van der Waals surface area contributed by atoms with E-state index in [4.69, 9.17) is 0 Å². The van der Waals surface area contributed by atoms with Gasteiger partial charge >= 0.3 is 0 Å². The second-order valence-electron chi connectivity index (χ2n) is 3.89. The molecule has 1 aromatic carbocycles. The number of thiophene rings is 1. The SMILES string of the molecule is CCNc1ccccc1C(=O)NCc1ccsc1. The van der Waals surface area contributed by atoms with E-state index in [1.807, 2.05) is 48.0 Å². The standard InChI is InChI=1S/C14H16N2OS/c1-2-15-13-6-4-3-5-12(13)14(17)16-9-11-7-8-18-10-11/h3-8,10,15H,2,9H2,1H3,(H,16,17). The van der Waals surface area contributed by atoms with E-state index in [9.17, 15) is 4.79 Å². The molecule has 0 radical (unpaired) electrons. The summed E-state index contributed by atoms with van der Waals surface area (Å²) in [5, 5.41) is 10.2. The summed E-state index contributed by atoms with van der Waals surface area (Å²) >= 11 is 1.63. The molecule has 0 bridgehead atoms. The lowest BCUT2D eigenvalue weighted by molar-refractivity contribution is 0.0952. The first-order valence-corrected chi connectivity index (χ1v) is 6.87. The Morgan fingerprint density at radius 2 is 2.11 bits per heavy atom. The highest BCUT2D eigenvalue weighted by Crippen LogP contribution is 2.15. The molecule has 0 aliphatic carbocycles. The van der Waals surface area contributed by atoms with E-state index < -0.39 is 0 Å². The molecule has 2 aromatic rings. The predicted molar refractivity (Wildman–Crippen MR) is 76.1 cm³/mol. The summed E-state index contributed by atoms with van der Waals surface area (Å²) in [5.74, 6) is -0.0437. The Morgan fingerprint density at radius 1 is 1.28 bits per heavy atom. The van der Waals surface area contributed by atoms with Gasteiger partial charge in [-0.1, -0.05) is 12.1 Å². The zero-order chi connectivity index (χ0) is 12.8. The number of carbonyl (C=O) groups excluding carboxylic acids is 1. The first-order chi connectivity index (χ1) is 8.81. The van der Waals surface area contributed by atoms with Crippen LogP contribution in [0.1, 0.15) is 22.8 Å². The normalized spacial score (nSPS) is 10.1. The van der Waals surface area contributed by atoms with Gasteiger partial charge in [-0.25, -0.2) is 0 Å². The van der Waals surface area contributed by atoms with E-state index in [0.717, 1.165) is 17.8 Å². The number of anilines is 1. The summed E-state index contributed by atoms with van der Waals surface area (Å²) in [6.07, 6.45) is 0. The predicted octanol–water partition coefficient (Wildman–Crippen LogP) is 3.11. The van der Waals surface area contributed by atoms with Crippen molar-refractivity contribution in [1.82, 2.24) is 5.32 Å². The molecule has 0 saturated carbocycles. The maximum absolute atomic E-state index is 12.1. The Hall–Kier alpha value is -1.81. The molecule has 0 aliphatic heterocycles. The van der Waals surface area contributed by atoms with Crippen molar-refractivity contribution in [3.8, 4) is 0 Å². The Labute approximate surface area is 111 Å². The van der Waals surface area contributed by atoms with E-state index in [1.165, 1.54) is 0 Å². The van der Waals surface area contributed by atoms with Crippen molar-refractivity contribution in [3.63, 3.8) is 0 Å². The van der Waals surface area contributed by atoms with Crippen LogP contribution in [0.15, 0.2) is 41.1 Å². The molecule has 0 atom stereocenters. The fourth-order valence-corrected chi connectivity index (χ4v) is 2.37. The Kier molecular flexibility index (Phi) is 4.36. The molecule has 94 valence electrons. The molecule has 2 rings (SSSR count). The quantitative estimate of drug-likeness (QED) is 0.867. The van der Waals surface area contributed by atoms with Gasteiger partial charge in [0, 0.05) is 18.8 Å². The van der Waals surface area contributed by atoms with Crippen molar-refractivity contribution in [2.45, 2.75) is 13.5 Å². The fraction of sp³-hybridized carbons (Fsp3) is 0.214. The lowest BCUT2D eigenvalue weighted by Gasteiger charge is -2.10. The Bertz CT molecular complexity index is 508. The van der Waals surface area contributed by atoms with Crippen LogP contribution in [0, 0.1) is 0 Å². The Morgan fingerprint density at radius 3 is 2.83 bits per heavy atom. The highest BCUT2D eigenvalue weighted by molar-refractivity contribution is 7.07. The smallest absolute Gasteiger partial charge is 0.253 e. The molecular formula is C14H16N2OS. The van der Waals surface area contributed by atoms with Crippen LogP contribution in [0.3, 0.4) is 0 Å². The molecule has 3 nitrogen and oxygen atoms in total. The van der Waals surface area contributed by atoms with Crippen LogP contribution < -0.4 is 10.6 Å². The highest BCUT2D eigenvalue weighted by atomic mass is 32.1. The zero-order valence-electron chi connectivity index (χ0n) is 10.3. The molecule has 0 spiro atoms. The van der Waals surface area contributed by atoms with Crippen LogP contribution in [0.5, 0.6) is 0 Å². The number of para-hydroxylation sites is 1. The van der Waals surface area contributed by atoms with E-state index >= 15 is 0 Å². The number of amides is 1. The number of nitrogens with one attached hydrogen (secondary N) is 2. The van der Waals surface area contributed by atoms with Crippen molar-refractivity contribution in [3.05, 3.63) is 52.2 Å². The summed E-state index contributed by atoms with van der Waals surface area (Å²) in [6, 6.07) is 9.57. The van der Waals surface area contributed by atoms with Crippen molar-refractivity contribution in [2.75, 3.05) is 11.9 Å². The van der Waals surface area contributed by atoms with Crippen LogP contribution >= 0.6 is 11.3 Å². The molecule has 1 amide bonds. The van der Waals surface area contributed by atoms with Gasteiger partial charge < -0.3 is 10.6 Å². The molecule has 0 unspecified atom stereocenters. The minimum atomic E-state index is -0.0437. The molecule has 0 saturated heterocycles. The largest absolute Gasteiger partial charge is 0.385 e. The van der Waals surface area contributed by atoms with E-state index in [0.29, 0.717) is 12.1 Å². The van der Waals surface area contributed by atoms with Crippen molar-refractivity contribution in [1.29, 1.82) is 0 Å². The van der Waals surface area contributed by atoms with E-state index in [1.54, 1.807) is 11.3 Å². The van der Waals surface area contributed by atoms with Crippen LogP contribution in [-0.2, 0) is 6.54 Å². The topological polar surface area (TPSA) is 41.1 Å². The van der Waals surface area contributed by atoms with Crippen molar-refractivity contribution >= 4 is 22.9 Å². The summed E-state index contributed by atoms with van der Waals surface area (Å²) in [5.41, 5.74) is 2.70. The van der Waals surface area contributed by atoms with Crippen molar-refractivity contribution in [2.24, 2.45) is 0 Å². The third-order valence-corrected chi connectivity index (χ3v) is 3.30. The number of hydrogen-bond acceptors (Lipinski definition) is 3. The first kappa shape index (κ1) is 12.6. The molecule has 4 heteroatoms. The van der Waals surface area contributed by atoms with Crippen LogP contribution in [0.2, 0.25) is 0 Å². The van der Waals surface area contributed by atoms with Gasteiger partial charge in [0.1, 0.15) is 0 Å². The molecule has 2 N–H and O–H groups in total. The van der Waals surface area contributed by atoms with Crippen LogP contribution in [-0.4, -0.2) is 12.5 Å². The zero-order valence-corrected chi connectivity index (χ0v) is 11.1. The van der Waals surface area contributed by atoms with Gasteiger partial charge in [0.25, 0.3) is 5.91 Å². The lowest BCUT2D eigenvalue weighted by atomic mass is 10.1. The molecular weight excluding hydrogens is 244 g/mol. The third-order valence-electron chi connectivity index (χ3n) is 2.57. The lowest BCUT2D eigenvalue weighted by Crippen LogP contribution is -2.23. The van der Waals surface area contributed by atoms with Crippen molar-refractivity contribution < 1.29 is 4.79 Å². The van der Waals surface area contributed by atoms with Gasteiger partial charge in [-0.15, -0.1) is 0 Å². The first-order valence-electron chi connectivity index (χ1n) is 5.93. The highest BCUT2D eigenvalue weighted by Gasteiger charge is 2.09. The number of hydrogen-bond donors (Lipinski definition) is 2. The number of benzene rings is 1. The molecule has 1 heterocycles. The van der Waals surface area contributed by atoms with Gasteiger partial charge in [-0.2, -0.15) is 11.3 Å². The van der Waals surface area contributed by atoms with Gasteiger partial charge in [-0.3, -0.25) is 4.79 Å². The van der Waals surface area contributed by atoms with Gasteiger partial charge in [-0.05, 0) is 41.4 Å². The monoisotopic (exact) mass is 260 g/mol. The third kappa shape index (κ3) is 3.11. The summed E-state index contributed by atoms with van der Waals surface area (Å²) in [6.45, 7) is 3.39. The summed E-state index contributed by atoms with van der Waals surface area (Å²) in [7, 11) is 0. The maximum atomic E-state index is 12.1. The average molecular weight is 260 g/mol. The molecule has 0 fully saturated rings. The maximum Gasteiger partial charge on any atom is 0.253 e. The van der Waals surface area contributed by atoms with Crippen LogP contribution in [0.4, 0.5) is 5.69 Å². The molecule has 1 aromatic heterocycles. The molecule has 0 aliphatic rings. The molecule has 18 heavy (non-hydrogen) atoms. The van der Waals surface area contributed by atoms with E-state index in [2.05, 4.69) is 10.6 Å². The minimum absolute atomic E-state index is 0.0437. The summed E-state index contributed by atoms with van der Waals surface area (Å²) < 4.78 is 0. The fourth-order valence-electron chi connectivity index (χ4n) is 1.70. The minimum Gasteiger partial charge on any atom is -0.385 e. The number of rotatable bonds is 5. The van der Waals surface area contributed by atoms with Gasteiger partial charge in [0.15, 0.2) is 0 Å². The average Bonchev–Trinajstić information content (AvgIpc) is 2.90. The second kappa shape index (κ2) is 6.21. The second-order valence-corrected chi connectivity index (χ2v) is 4.67. The summed E-state index contributed by atoms with van der Waals surface area (Å²) in [4.78, 5) is 12.1. The van der Waals surface area contributed by atoms with Gasteiger partial charge in [0.05, 0.1) is 5.56 Å². The van der Waals surface area contributed by atoms with E-state index in [-0.39, 0.29) is 5.91 Å². The van der Waals surface area contributed by atoms with Crippen LogP contribution in [0.25, 0.3) is 0 Å².